The molecule has 0 amide bonds. The molecule has 5 heterocycles. The fourth-order valence-electron chi connectivity index (χ4n) is 4.40. The molecule has 2 aliphatic rings. The molecule has 0 unspecified atom stereocenters. The van der Waals surface area contributed by atoms with Crippen molar-refractivity contribution in [1.29, 1.82) is 0 Å². The first-order valence-corrected chi connectivity index (χ1v) is 12.6. The van der Waals surface area contributed by atoms with Gasteiger partial charge in [-0.05, 0) is 26.8 Å². The summed E-state index contributed by atoms with van der Waals surface area (Å²) < 4.78 is 41.8. The van der Waals surface area contributed by atoms with Crippen molar-refractivity contribution in [2.75, 3.05) is 38.1 Å². The van der Waals surface area contributed by atoms with Gasteiger partial charge in [-0.15, -0.1) is 0 Å². The lowest BCUT2D eigenvalue weighted by Crippen LogP contribution is -2.56. The molecule has 0 aliphatic carbocycles. The molecule has 0 saturated carbocycles. The molecular formula is C22H27N5O5S. The Hall–Kier alpha value is -2.92. The Labute approximate surface area is 192 Å². The minimum Gasteiger partial charge on any atom is -0.494 e. The van der Waals surface area contributed by atoms with Crippen molar-refractivity contribution in [1.82, 2.24) is 19.9 Å². The number of pyridine rings is 1. The van der Waals surface area contributed by atoms with Gasteiger partial charge in [0.1, 0.15) is 28.4 Å². The highest BCUT2D eigenvalue weighted by Crippen LogP contribution is 2.46. The summed E-state index contributed by atoms with van der Waals surface area (Å²) in [6, 6.07) is 1.89. The summed E-state index contributed by atoms with van der Waals surface area (Å²) in [6.07, 6.45) is 4.60. The van der Waals surface area contributed by atoms with E-state index in [0.29, 0.717) is 59.9 Å². The number of sulfone groups is 1. The lowest BCUT2D eigenvalue weighted by molar-refractivity contribution is 0.0482. The fraction of sp³-hybridized carbons (Fsp3) is 0.500. The third-order valence-corrected chi connectivity index (χ3v) is 8.59. The number of nitrogens with zero attached hydrogens (tertiary/aromatic N) is 4. The molecular weight excluding hydrogens is 446 g/mol. The van der Waals surface area contributed by atoms with E-state index < -0.39 is 14.6 Å². The largest absolute Gasteiger partial charge is 0.494 e. The molecule has 5 rings (SSSR count). The van der Waals surface area contributed by atoms with E-state index in [-0.39, 0.29) is 12.1 Å². The second kappa shape index (κ2) is 7.56. The molecule has 10 nitrogen and oxygen atoms in total. The molecule has 0 spiro atoms. The average Bonchev–Trinajstić information content (AvgIpc) is 3.25. The lowest BCUT2D eigenvalue weighted by Gasteiger charge is -2.45. The van der Waals surface area contributed by atoms with Crippen LogP contribution in [0.1, 0.15) is 26.5 Å². The van der Waals surface area contributed by atoms with Crippen molar-refractivity contribution in [2.45, 2.75) is 37.6 Å². The van der Waals surface area contributed by atoms with Gasteiger partial charge in [-0.2, -0.15) is 0 Å². The first kappa shape index (κ1) is 21.9. The second-order valence-electron chi connectivity index (χ2n) is 9.03. The molecule has 1 N–H and O–H groups in total. The van der Waals surface area contributed by atoms with Crippen molar-refractivity contribution in [3.05, 3.63) is 24.2 Å². The van der Waals surface area contributed by atoms with Crippen LogP contribution in [0.5, 0.6) is 11.5 Å². The maximum Gasteiger partial charge on any atom is 0.185 e. The van der Waals surface area contributed by atoms with E-state index >= 15 is 0 Å². The monoisotopic (exact) mass is 473 g/mol. The van der Waals surface area contributed by atoms with Crippen LogP contribution in [0, 0.1) is 0 Å². The summed E-state index contributed by atoms with van der Waals surface area (Å²) in [5, 5.41) is 0.778. The zero-order chi connectivity index (χ0) is 23.5. The van der Waals surface area contributed by atoms with Crippen LogP contribution in [0.15, 0.2) is 18.5 Å². The average molecular weight is 474 g/mol. The lowest BCUT2D eigenvalue weighted by atomic mass is 10.0. The molecule has 2 aliphatic heterocycles. The zero-order valence-corrected chi connectivity index (χ0v) is 20.1. The van der Waals surface area contributed by atoms with Crippen molar-refractivity contribution in [3.8, 4) is 22.9 Å². The van der Waals surface area contributed by atoms with Crippen LogP contribution in [-0.4, -0.2) is 73.6 Å². The molecule has 33 heavy (non-hydrogen) atoms. The predicted molar refractivity (Wildman–Crippen MR) is 124 cm³/mol. The van der Waals surface area contributed by atoms with Crippen molar-refractivity contribution < 1.29 is 22.6 Å². The Bertz CT molecular complexity index is 1340. The van der Waals surface area contributed by atoms with Gasteiger partial charge in [-0.25, -0.2) is 23.4 Å². The van der Waals surface area contributed by atoms with Gasteiger partial charge < -0.3 is 24.1 Å². The number of hydrogen-bond donors (Lipinski definition) is 1. The third-order valence-electron chi connectivity index (χ3n) is 6.54. The van der Waals surface area contributed by atoms with Gasteiger partial charge in [-0.1, -0.05) is 0 Å². The Morgan fingerprint density at radius 3 is 2.76 bits per heavy atom. The summed E-state index contributed by atoms with van der Waals surface area (Å²) in [5.74, 6) is 1.82. The number of methoxy groups -OCH3 is 1. The number of H-pyrrole nitrogens is 1. The molecule has 0 aromatic carbocycles. The molecule has 0 radical (unpaired) electrons. The molecule has 2 atom stereocenters. The quantitative estimate of drug-likeness (QED) is 0.608. The van der Waals surface area contributed by atoms with Crippen molar-refractivity contribution in [3.63, 3.8) is 0 Å². The maximum atomic E-state index is 12.8. The fourth-order valence-corrected chi connectivity index (χ4v) is 4.89. The van der Waals surface area contributed by atoms with E-state index in [1.165, 1.54) is 6.26 Å². The van der Waals surface area contributed by atoms with Gasteiger partial charge in [0.25, 0.3) is 0 Å². The number of aromatic amines is 1. The number of rotatable bonds is 4. The molecule has 176 valence electrons. The molecule has 11 heteroatoms. The van der Waals surface area contributed by atoms with E-state index in [9.17, 15) is 8.42 Å². The van der Waals surface area contributed by atoms with Gasteiger partial charge in [0.15, 0.2) is 27.2 Å². The standard InChI is InChI=1S/C22H27N5O5S/c1-12-9-31-10-13-11-32-17-18(22(2,3)33(5,28)29)25-20(26-21(17)27(12)13)16-14-6-7-23-19(14)24-8-15(16)30-4/h6-8,12-13H,9-11H2,1-5H3,(H,23,24)/t12-,13+/m1/s1. The smallest absolute Gasteiger partial charge is 0.185 e. The Morgan fingerprint density at radius 2 is 2.03 bits per heavy atom. The number of aromatic nitrogens is 4. The zero-order valence-electron chi connectivity index (χ0n) is 19.2. The minimum absolute atomic E-state index is 0.0233. The van der Waals surface area contributed by atoms with Crippen LogP contribution in [0.25, 0.3) is 22.4 Å². The van der Waals surface area contributed by atoms with Crippen LogP contribution in [-0.2, 0) is 19.3 Å². The van der Waals surface area contributed by atoms with E-state index in [4.69, 9.17) is 24.2 Å². The summed E-state index contributed by atoms with van der Waals surface area (Å²) in [5.41, 5.74) is 1.62. The normalized spacial score (nSPS) is 20.8. The number of fused-ring (bicyclic) bond motifs is 4. The number of hydrogen-bond acceptors (Lipinski definition) is 9. The summed E-state index contributed by atoms with van der Waals surface area (Å²) in [6.45, 7) is 6.76. The van der Waals surface area contributed by atoms with E-state index in [1.54, 1.807) is 33.4 Å². The first-order valence-electron chi connectivity index (χ1n) is 10.7. The van der Waals surface area contributed by atoms with Crippen LogP contribution < -0.4 is 14.4 Å². The summed E-state index contributed by atoms with van der Waals surface area (Å²) >= 11 is 0. The van der Waals surface area contributed by atoms with Gasteiger partial charge >= 0.3 is 0 Å². The summed E-state index contributed by atoms with van der Waals surface area (Å²) in [4.78, 5) is 19.4. The van der Waals surface area contributed by atoms with E-state index in [2.05, 4.69) is 21.8 Å². The molecule has 3 aromatic rings. The van der Waals surface area contributed by atoms with Gasteiger partial charge in [0.05, 0.1) is 44.2 Å². The highest BCUT2D eigenvalue weighted by Gasteiger charge is 2.44. The maximum absolute atomic E-state index is 12.8. The molecule has 1 saturated heterocycles. The highest BCUT2D eigenvalue weighted by atomic mass is 32.2. The topological polar surface area (TPSA) is 120 Å². The predicted octanol–water partition coefficient (Wildman–Crippen LogP) is 2.29. The van der Waals surface area contributed by atoms with Gasteiger partial charge in [-0.3, -0.25) is 0 Å². The molecule has 0 bridgehead atoms. The van der Waals surface area contributed by atoms with Crippen molar-refractivity contribution in [2.24, 2.45) is 0 Å². The summed E-state index contributed by atoms with van der Waals surface area (Å²) in [7, 11) is -1.98. The Balaban J connectivity index is 1.84. The third kappa shape index (κ3) is 3.33. The number of anilines is 1. The van der Waals surface area contributed by atoms with Crippen molar-refractivity contribution >= 4 is 26.7 Å². The Morgan fingerprint density at radius 1 is 1.24 bits per heavy atom. The minimum atomic E-state index is -3.54. The Kier molecular flexibility index (Phi) is 5.02. The second-order valence-corrected chi connectivity index (χ2v) is 11.6. The number of ether oxygens (including phenoxy) is 3. The van der Waals surface area contributed by atoms with E-state index in [1.807, 2.05) is 6.07 Å². The highest BCUT2D eigenvalue weighted by molar-refractivity contribution is 7.91. The SMILES string of the molecule is COc1cnc2[nH]ccc2c1-c1nc2c(c(C(C)(C)S(C)(=O)=O)n1)OC[C@@H]1COC[C@@H](C)N21. The van der Waals surface area contributed by atoms with Gasteiger partial charge in [0, 0.05) is 17.8 Å². The van der Waals surface area contributed by atoms with E-state index in [0.717, 1.165) is 5.39 Å². The molecule has 3 aromatic heterocycles. The van der Waals surface area contributed by atoms with Gasteiger partial charge in [0.2, 0.25) is 0 Å². The number of nitrogens with one attached hydrogen (secondary N) is 1. The number of morpholine rings is 1. The molecule has 1 fully saturated rings. The van der Waals surface area contributed by atoms with Crippen LogP contribution in [0.3, 0.4) is 0 Å². The first-order chi connectivity index (χ1) is 15.6. The van der Waals surface area contributed by atoms with Crippen LogP contribution in [0.4, 0.5) is 5.82 Å². The van der Waals surface area contributed by atoms with Crippen LogP contribution in [0.2, 0.25) is 0 Å². The van der Waals surface area contributed by atoms with Crippen LogP contribution >= 0.6 is 0 Å².